The lowest BCUT2D eigenvalue weighted by molar-refractivity contribution is 0.352. The minimum absolute atomic E-state index is 0.723. The van der Waals surface area contributed by atoms with Crippen LogP contribution in [0.25, 0.3) is 0 Å². The Bertz CT molecular complexity index is 656. The minimum atomic E-state index is 0.723. The first-order chi connectivity index (χ1) is 10.6. The van der Waals surface area contributed by atoms with Gasteiger partial charge in [0.15, 0.2) is 11.5 Å². The fraction of sp³-hybridized carbons (Fsp3) is 0.333. The van der Waals surface area contributed by atoms with Crippen LogP contribution >= 0.6 is 15.9 Å². The summed E-state index contributed by atoms with van der Waals surface area (Å²) in [5.74, 6) is 1.46. The third kappa shape index (κ3) is 3.81. The van der Waals surface area contributed by atoms with E-state index < -0.39 is 0 Å². The molecule has 118 valence electrons. The molecule has 0 spiro atoms. The van der Waals surface area contributed by atoms with E-state index in [0.29, 0.717) is 0 Å². The second kappa shape index (κ2) is 7.65. The Morgan fingerprint density at radius 3 is 2.50 bits per heavy atom. The molecule has 0 saturated carbocycles. The average Bonchev–Trinajstić information content (AvgIpc) is 2.51. The molecule has 0 aromatic heterocycles. The van der Waals surface area contributed by atoms with Crippen LogP contribution in [-0.2, 0) is 13.1 Å². The molecule has 0 bridgehead atoms. The van der Waals surface area contributed by atoms with Crippen LogP contribution in [0.5, 0.6) is 11.5 Å². The van der Waals surface area contributed by atoms with E-state index in [2.05, 4.69) is 59.4 Å². The Balaban J connectivity index is 2.06. The zero-order chi connectivity index (χ0) is 16.1. The van der Waals surface area contributed by atoms with Gasteiger partial charge in [-0.1, -0.05) is 18.2 Å². The lowest BCUT2D eigenvalue weighted by atomic mass is 10.0. The van der Waals surface area contributed by atoms with E-state index in [-0.39, 0.29) is 0 Å². The van der Waals surface area contributed by atoms with Crippen molar-refractivity contribution in [1.29, 1.82) is 0 Å². The van der Waals surface area contributed by atoms with Crippen LogP contribution in [0.4, 0.5) is 0 Å². The van der Waals surface area contributed by atoms with E-state index in [0.717, 1.165) is 34.6 Å². The number of halogens is 1. The van der Waals surface area contributed by atoms with Crippen LogP contribution in [0.15, 0.2) is 34.8 Å². The Morgan fingerprint density at radius 2 is 1.82 bits per heavy atom. The summed E-state index contributed by atoms with van der Waals surface area (Å²) >= 11 is 3.52. The summed E-state index contributed by atoms with van der Waals surface area (Å²) in [5.41, 5.74) is 5.16. The zero-order valence-electron chi connectivity index (χ0n) is 13.5. The number of hydrogen-bond donors (Lipinski definition) is 1. The molecule has 0 aliphatic carbocycles. The topological polar surface area (TPSA) is 30.5 Å². The second-order valence-corrected chi connectivity index (χ2v) is 6.13. The summed E-state index contributed by atoms with van der Waals surface area (Å²) in [6.07, 6.45) is 0. The maximum Gasteiger partial charge on any atom is 0.174 e. The van der Waals surface area contributed by atoms with Gasteiger partial charge in [-0.05, 0) is 64.2 Å². The smallest absolute Gasteiger partial charge is 0.174 e. The first kappa shape index (κ1) is 16.8. The molecule has 22 heavy (non-hydrogen) atoms. The molecular formula is C18H22BrNO2. The maximum atomic E-state index is 5.37. The summed E-state index contributed by atoms with van der Waals surface area (Å²) < 4.78 is 11.6. The van der Waals surface area contributed by atoms with Crippen LogP contribution < -0.4 is 14.8 Å². The Hall–Kier alpha value is -1.52. The molecule has 4 heteroatoms. The highest BCUT2D eigenvalue weighted by atomic mass is 79.9. The van der Waals surface area contributed by atoms with Gasteiger partial charge in [-0.25, -0.2) is 0 Å². The van der Waals surface area contributed by atoms with E-state index >= 15 is 0 Å². The first-order valence-electron chi connectivity index (χ1n) is 7.23. The quantitative estimate of drug-likeness (QED) is 0.826. The average molecular weight is 364 g/mol. The van der Waals surface area contributed by atoms with Gasteiger partial charge in [0.25, 0.3) is 0 Å². The van der Waals surface area contributed by atoms with Crippen molar-refractivity contribution >= 4 is 15.9 Å². The Kier molecular flexibility index (Phi) is 5.86. The fourth-order valence-electron chi connectivity index (χ4n) is 2.42. The van der Waals surface area contributed by atoms with Gasteiger partial charge in [0, 0.05) is 13.1 Å². The molecule has 2 aromatic rings. The Labute approximate surface area is 140 Å². The number of benzene rings is 2. The predicted molar refractivity (Wildman–Crippen MR) is 93.7 cm³/mol. The van der Waals surface area contributed by atoms with Crippen molar-refractivity contribution in [3.05, 3.63) is 57.1 Å². The molecule has 0 radical (unpaired) electrons. The molecule has 3 nitrogen and oxygen atoms in total. The highest BCUT2D eigenvalue weighted by molar-refractivity contribution is 9.10. The van der Waals surface area contributed by atoms with Crippen molar-refractivity contribution in [3.63, 3.8) is 0 Å². The molecule has 0 unspecified atom stereocenters. The minimum Gasteiger partial charge on any atom is -0.493 e. The molecule has 0 atom stereocenters. The van der Waals surface area contributed by atoms with Crippen LogP contribution in [0.2, 0.25) is 0 Å². The van der Waals surface area contributed by atoms with Gasteiger partial charge in [-0.2, -0.15) is 0 Å². The van der Waals surface area contributed by atoms with Crippen molar-refractivity contribution in [3.8, 4) is 11.5 Å². The Morgan fingerprint density at radius 1 is 1.05 bits per heavy atom. The van der Waals surface area contributed by atoms with Crippen LogP contribution in [-0.4, -0.2) is 14.2 Å². The molecule has 0 heterocycles. The lowest BCUT2D eigenvalue weighted by Gasteiger charge is -2.13. The number of methoxy groups -OCH3 is 2. The second-order valence-electron chi connectivity index (χ2n) is 5.28. The maximum absolute atomic E-state index is 5.37. The fourth-order valence-corrected chi connectivity index (χ4v) is 3.07. The molecule has 0 amide bonds. The normalized spacial score (nSPS) is 10.6. The third-order valence-electron chi connectivity index (χ3n) is 3.85. The summed E-state index contributed by atoms with van der Waals surface area (Å²) in [6, 6.07) is 10.5. The number of hydrogen-bond acceptors (Lipinski definition) is 3. The number of aryl methyl sites for hydroxylation is 1. The van der Waals surface area contributed by atoms with Crippen molar-refractivity contribution in [2.45, 2.75) is 26.9 Å². The van der Waals surface area contributed by atoms with Gasteiger partial charge >= 0.3 is 0 Å². The standard InChI is InChI=1S/C18H22BrNO2/c1-12-6-5-7-15(13(12)2)11-20-10-14-8-16(19)18(22-4)17(9-14)21-3/h5-9,20H,10-11H2,1-4H3. The van der Waals surface area contributed by atoms with Crippen molar-refractivity contribution < 1.29 is 9.47 Å². The summed E-state index contributed by atoms with van der Waals surface area (Å²) in [5, 5.41) is 3.48. The molecule has 1 N–H and O–H groups in total. The molecule has 2 aromatic carbocycles. The largest absolute Gasteiger partial charge is 0.493 e. The molecular weight excluding hydrogens is 342 g/mol. The van der Waals surface area contributed by atoms with Crippen molar-refractivity contribution in [2.24, 2.45) is 0 Å². The number of nitrogens with one attached hydrogen (secondary N) is 1. The van der Waals surface area contributed by atoms with Crippen molar-refractivity contribution in [2.75, 3.05) is 14.2 Å². The number of ether oxygens (including phenoxy) is 2. The third-order valence-corrected chi connectivity index (χ3v) is 4.44. The van der Waals surface area contributed by atoms with E-state index in [1.165, 1.54) is 16.7 Å². The van der Waals surface area contributed by atoms with Crippen LogP contribution in [0.1, 0.15) is 22.3 Å². The summed E-state index contributed by atoms with van der Waals surface area (Å²) in [6.45, 7) is 5.93. The zero-order valence-corrected chi connectivity index (χ0v) is 15.1. The highest BCUT2D eigenvalue weighted by Crippen LogP contribution is 2.36. The molecule has 0 aliphatic heterocycles. The highest BCUT2D eigenvalue weighted by Gasteiger charge is 2.10. The molecule has 0 fully saturated rings. The lowest BCUT2D eigenvalue weighted by Crippen LogP contribution is -2.14. The van der Waals surface area contributed by atoms with Gasteiger partial charge in [0.2, 0.25) is 0 Å². The predicted octanol–water partition coefficient (Wildman–Crippen LogP) is 4.37. The molecule has 0 saturated heterocycles. The van der Waals surface area contributed by atoms with Crippen LogP contribution in [0, 0.1) is 13.8 Å². The van der Waals surface area contributed by atoms with Crippen LogP contribution in [0.3, 0.4) is 0 Å². The molecule has 0 aliphatic rings. The van der Waals surface area contributed by atoms with Gasteiger partial charge < -0.3 is 14.8 Å². The van der Waals surface area contributed by atoms with E-state index in [1.807, 2.05) is 6.07 Å². The van der Waals surface area contributed by atoms with Gasteiger partial charge in [-0.15, -0.1) is 0 Å². The SMILES string of the molecule is COc1cc(CNCc2cccc(C)c2C)cc(Br)c1OC. The van der Waals surface area contributed by atoms with Gasteiger partial charge in [-0.3, -0.25) is 0 Å². The van der Waals surface area contributed by atoms with E-state index in [9.17, 15) is 0 Å². The van der Waals surface area contributed by atoms with Gasteiger partial charge in [0.05, 0.1) is 18.7 Å². The monoisotopic (exact) mass is 363 g/mol. The van der Waals surface area contributed by atoms with Gasteiger partial charge in [0.1, 0.15) is 0 Å². The molecule has 2 rings (SSSR count). The summed E-state index contributed by atoms with van der Waals surface area (Å²) in [7, 11) is 3.29. The summed E-state index contributed by atoms with van der Waals surface area (Å²) in [4.78, 5) is 0. The van der Waals surface area contributed by atoms with Crippen molar-refractivity contribution in [1.82, 2.24) is 5.32 Å². The van der Waals surface area contributed by atoms with E-state index in [1.54, 1.807) is 14.2 Å². The first-order valence-corrected chi connectivity index (χ1v) is 8.02. The number of rotatable bonds is 6. The van der Waals surface area contributed by atoms with E-state index in [4.69, 9.17) is 9.47 Å².